The largest absolute Gasteiger partial charge is 0.395 e. The van der Waals surface area contributed by atoms with E-state index >= 15 is 0 Å². The SMILES string of the molecule is CNC(CO)CN1CCCC(C)CC1. The molecular weight excluding hydrogens is 176 g/mol. The van der Waals surface area contributed by atoms with Crippen LogP contribution in [-0.2, 0) is 0 Å². The Morgan fingerprint density at radius 3 is 2.86 bits per heavy atom. The summed E-state index contributed by atoms with van der Waals surface area (Å²) in [7, 11) is 1.92. The molecule has 2 atom stereocenters. The van der Waals surface area contributed by atoms with Gasteiger partial charge in [-0.25, -0.2) is 0 Å². The second-order valence-electron chi connectivity index (χ2n) is 4.50. The van der Waals surface area contributed by atoms with Gasteiger partial charge in [0.25, 0.3) is 0 Å². The van der Waals surface area contributed by atoms with E-state index in [2.05, 4.69) is 17.1 Å². The van der Waals surface area contributed by atoms with Gasteiger partial charge in [-0.1, -0.05) is 6.92 Å². The normalized spacial score (nSPS) is 27.2. The third kappa shape index (κ3) is 3.95. The van der Waals surface area contributed by atoms with Crippen LogP contribution in [0.25, 0.3) is 0 Å². The van der Waals surface area contributed by atoms with Crippen LogP contribution < -0.4 is 5.32 Å². The lowest BCUT2D eigenvalue weighted by molar-refractivity contribution is 0.188. The Bertz CT molecular complexity index is 148. The highest BCUT2D eigenvalue weighted by atomic mass is 16.3. The van der Waals surface area contributed by atoms with Crippen LogP contribution in [0.2, 0.25) is 0 Å². The van der Waals surface area contributed by atoms with Crippen LogP contribution in [0.4, 0.5) is 0 Å². The van der Waals surface area contributed by atoms with Crippen LogP contribution in [0.15, 0.2) is 0 Å². The molecule has 0 saturated carbocycles. The van der Waals surface area contributed by atoms with Crippen LogP contribution in [0.1, 0.15) is 26.2 Å². The molecule has 0 aromatic carbocycles. The van der Waals surface area contributed by atoms with Gasteiger partial charge in [0.05, 0.1) is 6.61 Å². The maximum atomic E-state index is 9.09. The van der Waals surface area contributed by atoms with Crippen molar-refractivity contribution >= 4 is 0 Å². The number of nitrogens with zero attached hydrogens (tertiary/aromatic N) is 1. The molecule has 2 N–H and O–H groups in total. The molecule has 0 bridgehead atoms. The summed E-state index contributed by atoms with van der Waals surface area (Å²) in [5.74, 6) is 0.877. The van der Waals surface area contributed by atoms with E-state index in [9.17, 15) is 0 Å². The first-order chi connectivity index (χ1) is 6.76. The summed E-state index contributed by atoms with van der Waals surface area (Å²) in [5.41, 5.74) is 0. The van der Waals surface area contributed by atoms with Crippen LogP contribution in [-0.4, -0.2) is 49.3 Å². The minimum Gasteiger partial charge on any atom is -0.395 e. The Morgan fingerprint density at radius 2 is 2.21 bits per heavy atom. The second kappa shape index (κ2) is 6.38. The topological polar surface area (TPSA) is 35.5 Å². The van der Waals surface area contributed by atoms with E-state index in [4.69, 9.17) is 5.11 Å². The van der Waals surface area contributed by atoms with Crippen molar-refractivity contribution in [3.8, 4) is 0 Å². The van der Waals surface area contributed by atoms with Crippen LogP contribution in [0, 0.1) is 5.92 Å². The number of nitrogens with one attached hydrogen (secondary N) is 1. The van der Waals surface area contributed by atoms with E-state index in [-0.39, 0.29) is 12.6 Å². The Morgan fingerprint density at radius 1 is 1.43 bits per heavy atom. The predicted molar refractivity (Wildman–Crippen MR) is 59.4 cm³/mol. The molecule has 0 amide bonds. The minimum atomic E-state index is 0.239. The summed E-state index contributed by atoms with van der Waals surface area (Å²) in [6.45, 7) is 5.95. The molecule has 0 aromatic rings. The molecule has 1 saturated heterocycles. The van der Waals surface area contributed by atoms with Gasteiger partial charge in [-0.05, 0) is 45.3 Å². The summed E-state index contributed by atoms with van der Waals surface area (Å²) in [6.07, 6.45) is 3.98. The highest BCUT2D eigenvalue weighted by Gasteiger charge is 2.16. The molecule has 0 spiro atoms. The summed E-state index contributed by atoms with van der Waals surface area (Å²) < 4.78 is 0. The lowest BCUT2D eigenvalue weighted by Gasteiger charge is -2.24. The molecule has 0 aliphatic carbocycles. The Kier molecular flexibility index (Phi) is 5.45. The van der Waals surface area contributed by atoms with Gasteiger partial charge in [-0.15, -0.1) is 0 Å². The standard InChI is InChI=1S/C11H24N2O/c1-10-4-3-6-13(7-5-10)8-11(9-14)12-2/h10-12,14H,3-9H2,1-2H3. The molecule has 14 heavy (non-hydrogen) atoms. The predicted octanol–water partition coefficient (Wildman–Crippen LogP) is 0.689. The molecule has 0 radical (unpaired) electrons. The van der Waals surface area contributed by atoms with Crippen molar-refractivity contribution in [2.24, 2.45) is 5.92 Å². The van der Waals surface area contributed by atoms with Gasteiger partial charge < -0.3 is 15.3 Å². The molecule has 1 rings (SSSR count). The Hall–Kier alpha value is -0.120. The number of rotatable bonds is 4. The zero-order valence-corrected chi connectivity index (χ0v) is 9.50. The fourth-order valence-corrected chi connectivity index (χ4v) is 2.06. The molecule has 3 nitrogen and oxygen atoms in total. The molecule has 1 fully saturated rings. The average molecular weight is 200 g/mol. The van der Waals surface area contributed by atoms with Gasteiger partial charge in [-0.2, -0.15) is 0 Å². The highest BCUT2D eigenvalue weighted by Crippen LogP contribution is 2.16. The van der Waals surface area contributed by atoms with Crippen LogP contribution in [0.3, 0.4) is 0 Å². The molecule has 1 aliphatic heterocycles. The summed E-state index contributed by atoms with van der Waals surface area (Å²) in [6, 6.07) is 0.239. The maximum Gasteiger partial charge on any atom is 0.0597 e. The quantitative estimate of drug-likeness (QED) is 0.701. The monoisotopic (exact) mass is 200 g/mol. The third-order valence-electron chi connectivity index (χ3n) is 3.22. The molecule has 2 unspecified atom stereocenters. The van der Waals surface area contributed by atoms with Gasteiger partial charge in [0.2, 0.25) is 0 Å². The van der Waals surface area contributed by atoms with Crippen molar-refractivity contribution in [2.45, 2.75) is 32.2 Å². The molecule has 1 aliphatic rings. The zero-order chi connectivity index (χ0) is 10.4. The van der Waals surface area contributed by atoms with Crippen molar-refractivity contribution in [1.29, 1.82) is 0 Å². The van der Waals surface area contributed by atoms with Gasteiger partial charge in [-0.3, -0.25) is 0 Å². The third-order valence-corrected chi connectivity index (χ3v) is 3.22. The van der Waals surface area contributed by atoms with Crippen LogP contribution in [0.5, 0.6) is 0 Å². The summed E-state index contributed by atoms with van der Waals surface area (Å²) >= 11 is 0. The molecule has 84 valence electrons. The number of likely N-dealkylation sites (tertiary alicyclic amines) is 1. The number of aliphatic hydroxyl groups excluding tert-OH is 1. The first kappa shape index (κ1) is 12.0. The molecule has 3 heteroatoms. The zero-order valence-electron chi connectivity index (χ0n) is 9.50. The van der Waals surface area contributed by atoms with E-state index in [1.165, 1.54) is 32.4 Å². The van der Waals surface area contributed by atoms with E-state index in [0.717, 1.165) is 12.5 Å². The van der Waals surface area contributed by atoms with Crippen molar-refractivity contribution in [3.05, 3.63) is 0 Å². The number of hydrogen-bond donors (Lipinski definition) is 2. The molecular formula is C11H24N2O. The lowest BCUT2D eigenvalue weighted by Crippen LogP contribution is -2.42. The number of hydrogen-bond acceptors (Lipinski definition) is 3. The van der Waals surface area contributed by atoms with Gasteiger partial charge in [0, 0.05) is 12.6 Å². The smallest absolute Gasteiger partial charge is 0.0597 e. The molecule has 0 aromatic heterocycles. The van der Waals surface area contributed by atoms with Gasteiger partial charge in [0.1, 0.15) is 0 Å². The lowest BCUT2D eigenvalue weighted by atomic mass is 10.0. The van der Waals surface area contributed by atoms with E-state index in [0.29, 0.717) is 0 Å². The Labute approximate surface area is 87.5 Å². The fourth-order valence-electron chi connectivity index (χ4n) is 2.06. The first-order valence-corrected chi connectivity index (χ1v) is 5.76. The van der Waals surface area contributed by atoms with Crippen molar-refractivity contribution in [3.63, 3.8) is 0 Å². The number of likely N-dealkylation sites (N-methyl/N-ethyl adjacent to an activating group) is 1. The average Bonchev–Trinajstić information content (AvgIpc) is 2.40. The van der Waals surface area contributed by atoms with E-state index < -0.39 is 0 Å². The first-order valence-electron chi connectivity index (χ1n) is 5.76. The Balaban J connectivity index is 2.29. The van der Waals surface area contributed by atoms with Gasteiger partial charge >= 0.3 is 0 Å². The maximum absolute atomic E-state index is 9.09. The second-order valence-corrected chi connectivity index (χ2v) is 4.50. The van der Waals surface area contributed by atoms with E-state index in [1.807, 2.05) is 7.05 Å². The summed E-state index contributed by atoms with van der Waals surface area (Å²) in [4.78, 5) is 2.47. The van der Waals surface area contributed by atoms with Crippen molar-refractivity contribution in [1.82, 2.24) is 10.2 Å². The highest BCUT2D eigenvalue weighted by molar-refractivity contribution is 4.73. The molecule has 1 heterocycles. The summed E-state index contributed by atoms with van der Waals surface area (Å²) in [5, 5.41) is 12.2. The number of aliphatic hydroxyl groups is 1. The van der Waals surface area contributed by atoms with Crippen LogP contribution >= 0.6 is 0 Å². The minimum absolute atomic E-state index is 0.239. The van der Waals surface area contributed by atoms with E-state index in [1.54, 1.807) is 0 Å². The van der Waals surface area contributed by atoms with Crippen molar-refractivity contribution in [2.75, 3.05) is 33.3 Å². The van der Waals surface area contributed by atoms with Crippen molar-refractivity contribution < 1.29 is 5.11 Å². The van der Waals surface area contributed by atoms with Gasteiger partial charge in [0.15, 0.2) is 0 Å². The fraction of sp³-hybridized carbons (Fsp3) is 1.00.